The average molecular weight is 556 g/mol. The highest BCUT2D eigenvalue weighted by molar-refractivity contribution is 7.53. The maximum atomic E-state index is 12.9. The smallest absolute Gasteiger partial charge is 0.410 e. The van der Waals surface area contributed by atoms with E-state index in [1.54, 1.807) is 23.6 Å². The summed E-state index contributed by atoms with van der Waals surface area (Å²) in [5.74, 6) is 0.395. The van der Waals surface area contributed by atoms with Crippen LogP contribution in [0, 0.1) is 5.92 Å². The predicted molar refractivity (Wildman–Crippen MR) is 149 cm³/mol. The number of likely N-dealkylation sites (tertiary alicyclic amines) is 1. The third kappa shape index (κ3) is 11.3. The van der Waals surface area contributed by atoms with Crippen LogP contribution in [0.5, 0.6) is 0 Å². The van der Waals surface area contributed by atoms with Crippen LogP contribution in [0.3, 0.4) is 0 Å². The maximum absolute atomic E-state index is 12.9. The lowest BCUT2D eigenvalue weighted by atomic mass is 9.93. The zero-order valence-electron chi connectivity index (χ0n) is 23.6. The van der Waals surface area contributed by atoms with Gasteiger partial charge in [-0.15, -0.1) is 0 Å². The molecule has 1 saturated heterocycles. The van der Waals surface area contributed by atoms with Crippen molar-refractivity contribution in [1.29, 1.82) is 0 Å². The van der Waals surface area contributed by atoms with Gasteiger partial charge in [0.2, 0.25) is 0 Å². The lowest BCUT2D eigenvalue weighted by molar-refractivity contribution is 0.0179. The number of carbonyl (C=O) groups is 2. The van der Waals surface area contributed by atoms with Gasteiger partial charge in [0, 0.05) is 31.9 Å². The van der Waals surface area contributed by atoms with Crippen molar-refractivity contribution >= 4 is 25.4 Å². The van der Waals surface area contributed by atoms with Crippen LogP contribution in [0.4, 0.5) is 15.3 Å². The van der Waals surface area contributed by atoms with Crippen LogP contribution >= 0.6 is 7.60 Å². The number of rotatable bonds is 13. The molecule has 10 nitrogen and oxygen atoms in total. The number of aryl methyl sites for hydroxylation is 1. The van der Waals surface area contributed by atoms with E-state index in [0.29, 0.717) is 57.0 Å². The maximum Gasteiger partial charge on any atom is 0.410 e. The molecule has 0 aliphatic carbocycles. The van der Waals surface area contributed by atoms with E-state index in [4.69, 9.17) is 13.8 Å². The van der Waals surface area contributed by atoms with E-state index >= 15 is 0 Å². The molecule has 1 aliphatic rings. The first-order valence-corrected chi connectivity index (χ1v) is 15.3. The zero-order chi connectivity index (χ0) is 28.2. The van der Waals surface area contributed by atoms with Gasteiger partial charge in [0.05, 0.1) is 26.0 Å². The zero-order valence-corrected chi connectivity index (χ0v) is 24.5. The molecule has 1 heterocycles. The van der Waals surface area contributed by atoms with Crippen molar-refractivity contribution in [1.82, 2.24) is 9.80 Å². The van der Waals surface area contributed by atoms with E-state index in [9.17, 15) is 19.3 Å². The largest absolute Gasteiger partial charge is 0.444 e. The molecule has 0 bridgehead atoms. The molecule has 1 aromatic rings. The molecule has 2 rings (SSSR count). The molecule has 0 atom stereocenters. The minimum atomic E-state index is -3.10. The highest BCUT2D eigenvalue weighted by Gasteiger charge is 2.27. The quantitative estimate of drug-likeness (QED) is 0.315. The van der Waals surface area contributed by atoms with Crippen LogP contribution in [0.15, 0.2) is 24.3 Å². The lowest BCUT2D eigenvalue weighted by Gasteiger charge is -2.34. The van der Waals surface area contributed by atoms with Crippen LogP contribution in [0.1, 0.15) is 59.4 Å². The number of hydrogen-bond acceptors (Lipinski definition) is 7. The molecule has 3 amide bonds. The van der Waals surface area contributed by atoms with Gasteiger partial charge in [-0.3, -0.25) is 4.57 Å². The normalized spacial score (nSPS) is 14.8. The number of aliphatic hydroxyl groups excluding tert-OH is 1. The number of nitrogens with zero attached hydrogens (tertiary/aromatic N) is 2. The van der Waals surface area contributed by atoms with Crippen molar-refractivity contribution in [3.05, 3.63) is 29.8 Å². The molecule has 0 radical (unpaired) electrons. The second-order valence-electron chi connectivity index (χ2n) is 10.5. The first kappa shape index (κ1) is 32.1. The van der Waals surface area contributed by atoms with Gasteiger partial charge in [0.1, 0.15) is 5.60 Å². The summed E-state index contributed by atoms with van der Waals surface area (Å²) in [5.41, 5.74) is 1.10. The molecule has 216 valence electrons. The molecule has 0 aromatic heterocycles. The number of amides is 3. The Bertz CT molecular complexity index is 902. The van der Waals surface area contributed by atoms with Gasteiger partial charge in [0.25, 0.3) is 0 Å². The topological polar surface area (TPSA) is 118 Å². The van der Waals surface area contributed by atoms with Gasteiger partial charge >= 0.3 is 19.7 Å². The van der Waals surface area contributed by atoms with Crippen LogP contribution < -0.4 is 5.32 Å². The van der Waals surface area contributed by atoms with Crippen LogP contribution in [0.2, 0.25) is 0 Å². The SMILES string of the molecule is CCOP(=O)(CCc1ccc(NC(=O)N(CCO)CCC2CCN(C(=O)OC(C)(C)C)CC2)cc1)OCC. The third-order valence-electron chi connectivity index (χ3n) is 6.26. The van der Waals surface area contributed by atoms with Crippen LogP contribution in [0.25, 0.3) is 0 Å². The molecule has 0 saturated carbocycles. The van der Waals surface area contributed by atoms with Crippen LogP contribution in [-0.4, -0.2) is 84.8 Å². The van der Waals surface area contributed by atoms with Gasteiger partial charge in [0.15, 0.2) is 0 Å². The molecule has 2 N–H and O–H groups in total. The number of urea groups is 1. The summed E-state index contributed by atoms with van der Waals surface area (Å²) in [5, 5.41) is 12.4. The van der Waals surface area contributed by atoms with E-state index in [-0.39, 0.29) is 25.3 Å². The number of hydrogen-bond donors (Lipinski definition) is 2. The fraction of sp³-hybridized carbons (Fsp3) is 0.704. The summed E-state index contributed by atoms with van der Waals surface area (Å²) in [7, 11) is -3.10. The highest BCUT2D eigenvalue weighted by atomic mass is 31.2. The molecule has 1 aromatic carbocycles. The summed E-state index contributed by atoms with van der Waals surface area (Å²) in [6.45, 7) is 11.7. The molecule has 1 aliphatic heterocycles. The van der Waals surface area contributed by atoms with E-state index < -0.39 is 13.2 Å². The van der Waals surface area contributed by atoms with Crippen molar-refractivity contribution in [3.8, 4) is 0 Å². The number of carbonyl (C=O) groups excluding carboxylic acids is 2. The Hall–Kier alpha value is -2.13. The average Bonchev–Trinajstić information content (AvgIpc) is 2.85. The van der Waals surface area contributed by atoms with Gasteiger partial charge in [-0.2, -0.15) is 0 Å². The molecular weight excluding hydrogens is 509 g/mol. The summed E-state index contributed by atoms with van der Waals surface area (Å²) in [6.07, 6.45) is 3.06. The number of nitrogens with one attached hydrogen (secondary N) is 1. The van der Waals surface area contributed by atoms with E-state index in [1.807, 2.05) is 45.0 Å². The molecule has 0 unspecified atom stereocenters. The van der Waals surface area contributed by atoms with Gasteiger partial charge in [-0.05, 0) is 83.9 Å². The van der Waals surface area contributed by atoms with Crippen molar-refractivity contribution in [2.24, 2.45) is 5.92 Å². The molecule has 1 fully saturated rings. The third-order valence-corrected chi connectivity index (χ3v) is 8.34. The monoisotopic (exact) mass is 555 g/mol. The van der Waals surface area contributed by atoms with E-state index in [2.05, 4.69) is 5.32 Å². The minimum absolute atomic E-state index is 0.122. The summed E-state index contributed by atoms with van der Waals surface area (Å²) >= 11 is 0. The van der Waals surface area contributed by atoms with Gasteiger partial charge < -0.3 is 34.0 Å². The first-order valence-electron chi connectivity index (χ1n) is 13.6. The molecule has 38 heavy (non-hydrogen) atoms. The predicted octanol–water partition coefficient (Wildman–Crippen LogP) is 5.36. The summed E-state index contributed by atoms with van der Waals surface area (Å²) in [6, 6.07) is 7.11. The standard InChI is InChI=1S/C27H46N3O7P/c1-6-35-38(34,36-7-2)21-15-22-8-10-24(11-9-22)28-25(32)29(19-20-31)16-12-23-13-17-30(18-14-23)26(33)37-27(3,4)5/h8-11,23,31H,6-7,12-21H2,1-5H3,(H,28,32). The Balaban J connectivity index is 1.82. The summed E-state index contributed by atoms with van der Waals surface area (Å²) in [4.78, 5) is 28.5. The lowest BCUT2D eigenvalue weighted by Crippen LogP contribution is -2.43. The number of anilines is 1. The number of benzene rings is 1. The van der Waals surface area contributed by atoms with Gasteiger partial charge in [-0.25, -0.2) is 9.59 Å². The minimum Gasteiger partial charge on any atom is -0.444 e. The summed E-state index contributed by atoms with van der Waals surface area (Å²) < 4.78 is 28.8. The first-order chi connectivity index (χ1) is 18.0. The second kappa shape index (κ2) is 15.5. The number of ether oxygens (including phenoxy) is 1. The fourth-order valence-electron chi connectivity index (χ4n) is 4.29. The number of piperidine rings is 1. The Morgan fingerprint density at radius 3 is 2.21 bits per heavy atom. The Labute approximate surface area is 227 Å². The second-order valence-corrected chi connectivity index (χ2v) is 12.6. The Morgan fingerprint density at radius 2 is 1.68 bits per heavy atom. The Kier molecular flexibility index (Phi) is 13.1. The van der Waals surface area contributed by atoms with Crippen molar-refractivity contribution in [2.45, 2.75) is 65.9 Å². The van der Waals surface area contributed by atoms with Crippen molar-refractivity contribution < 1.29 is 33.0 Å². The fourth-order valence-corrected chi connectivity index (χ4v) is 5.94. The van der Waals surface area contributed by atoms with E-state index in [1.165, 1.54) is 0 Å². The Morgan fingerprint density at radius 1 is 1.08 bits per heavy atom. The van der Waals surface area contributed by atoms with E-state index in [0.717, 1.165) is 24.8 Å². The number of aliphatic hydroxyl groups is 1. The van der Waals surface area contributed by atoms with Gasteiger partial charge in [-0.1, -0.05) is 12.1 Å². The van der Waals surface area contributed by atoms with Crippen LogP contribution in [-0.2, 0) is 24.8 Å². The van der Waals surface area contributed by atoms with Crippen molar-refractivity contribution in [3.63, 3.8) is 0 Å². The molecule has 11 heteroatoms. The molecule has 0 spiro atoms. The van der Waals surface area contributed by atoms with Crippen molar-refractivity contribution in [2.75, 3.05) is 57.5 Å². The molecular formula is C27H46N3O7P. The highest BCUT2D eigenvalue weighted by Crippen LogP contribution is 2.48.